The zero-order chi connectivity index (χ0) is 15.2. The fourth-order valence-corrected chi connectivity index (χ4v) is 2.47. The standard InChI is InChI=1S/C16H18N4O2.2ClH/c21-15(11-12-5-2-8-17-12)19-13-4-1-6-14(10-13)22-16-7-3-9-18-20-16;;/h1,3-4,6-7,9-10,12,17H,2,5,8,11H2,(H,19,21);2*1H. The predicted octanol–water partition coefficient (Wildman–Crippen LogP) is 3.19. The first-order chi connectivity index (χ1) is 10.8. The van der Waals surface area contributed by atoms with E-state index in [1.54, 1.807) is 24.4 Å². The number of nitrogens with one attached hydrogen (secondary N) is 2. The molecular formula is C16H20Cl2N4O2. The maximum absolute atomic E-state index is 12.0. The molecule has 1 atom stereocenters. The molecule has 2 aromatic rings. The molecule has 1 aliphatic heterocycles. The highest BCUT2D eigenvalue weighted by atomic mass is 35.5. The number of hydrogen-bond donors (Lipinski definition) is 2. The number of halogens is 2. The van der Waals surface area contributed by atoms with Gasteiger partial charge in [-0.05, 0) is 37.6 Å². The molecule has 1 aromatic carbocycles. The lowest BCUT2D eigenvalue weighted by Gasteiger charge is -2.11. The minimum atomic E-state index is 0. The zero-order valence-electron chi connectivity index (χ0n) is 13.0. The number of nitrogens with zero attached hydrogens (tertiary/aromatic N) is 2. The summed E-state index contributed by atoms with van der Waals surface area (Å²) >= 11 is 0. The van der Waals surface area contributed by atoms with Crippen LogP contribution in [0.3, 0.4) is 0 Å². The molecule has 2 N–H and O–H groups in total. The molecule has 1 aromatic heterocycles. The van der Waals surface area contributed by atoms with Crippen LogP contribution >= 0.6 is 24.8 Å². The van der Waals surface area contributed by atoms with Crippen LogP contribution in [0.5, 0.6) is 11.6 Å². The molecule has 2 heterocycles. The normalized spacial score (nSPS) is 15.8. The maximum atomic E-state index is 12.0. The van der Waals surface area contributed by atoms with Crippen molar-refractivity contribution in [3.8, 4) is 11.6 Å². The third-order valence-corrected chi connectivity index (χ3v) is 3.48. The van der Waals surface area contributed by atoms with Gasteiger partial charge in [0.2, 0.25) is 11.8 Å². The summed E-state index contributed by atoms with van der Waals surface area (Å²) in [5.74, 6) is 1.04. The monoisotopic (exact) mass is 370 g/mol. The van der Waals surface area contributed by atoms with E-state index in [-0.39, 0.29) is 30.7 Å². The lowest BCUT2D eigenvalue weighted by Crippen LogP contribution is -2.27. The van der Waals surface area contributed by atoms with Crippen LogP contribution < -0.4 is 15.4 Å². The van der Waals surface area contributed by atoms with E-state index in [4.69, 9.17) is 4.74 Å². The molecule has 6 nitrogen and oxygen atoms in total. The quantitative estimate of drug-likeness (QED) is 0.844. The molecule has 1 fully saturated rings. The molecule has 130 valence electrons. The van der Waals surface area contributed by atoms with Crippen molar-refractivity contribution in [2.24, 2.45) is 0 Å². The van der Waals surface area contributed by atoms with E-state index in [0.29, 0.717) is 29.8 Å². The predicted molar refractivity (Wildman–Crippen MR) is 97.3 cm³/mol. The highest BCUT2D eigenvalue weighted by Crippen LogP contribution is 2.22. The number of amides is 1. The van der Waals surface area contributed by atoms with Gasteiger partial charge in [-0.3, -0.25) is 4.79 Å². The summed E-state index contributed by atoms with van der Waals surface area (Å²) in [5, 5.41) is 13.8. The van der Waals surface area contributed by atoms with Crippen LogP contribution in [0.2, 0.25) is 0 Å². The maximum Gasteiger partial charge on any atom is 0.238 e. The Labute approximate surface area is 153 Å². The summed E-state index contributed by atoms with van der Waals surface area (Å²) in [6, 6.07) is 11.0. The second-order valence-electron chi connectivity index (χ2n) is 5.24. The Morgan fingerprint density at radius 3 is 2.88 bits per heavy atom. The summed E-state index contributed by atoms with van der Waals surface area (Å²) in [5.41, 5.74) is 0.712. The van der Waals surface area contributed by atoms with Gasteiger partial charge in [0.05, 0.1) is 0 Å². The Kier molecular flexibility index (Phi) is 8.46. The highest BCUT2D eigenvalue weighted by Gasteiger charge is 2.17. The van der Waals surface area contributed by atoms with Crippen molar-refractivity contribution in [3.63, 3.8) is 0 Å². The Hall–Kier alpha value is -1.89. The molecule has 1 unspecified atom stereocenters. The fraction of sp³-hybridized carbons (Fsp3) is 0.312. The van der Waals surface area contributed by atoms with Crippen molar-refractivity contribution < 1.29 is 9.53 Å². The number of hydrogen-bond acceptors (Lipinski definition) is 5. The van der Waals surface area contributed by atoms with Gasteiger partial charge in [0, 0.05) is 36.5 Å². The van der Waals surface area contributed by atoms with Gasteiger partial charge in [-0.1, -0.05) is 6.07 Å². The average Bonchev–Trinajstić information content (AvgIpc) is 3.01. The van der Waals surface area contributed by atoms with Crippen molar-refractivity contribution in [3.05, 3.63) is 42.6 Å². The largest absolute Gasteiger partial charge is 0.437 e. The number of aromatic nitrogens is 2. The molecule has 0 radical (unpaired) electrons. The van der Waals surface area contributed by atoms with Crippen LogP contribution in [0.4, 0.5) is 5.69 Å². The van der Waals surface area contributed by atoms with Gasteiger partial charge in [0.25, 0.3) is 0 Å². The van der Waals surface area contributed by atoms with Gasteiger partial charge in [-0.25, -0.2) is 0 Å². The molecule has 8 heteroatoms. The van der Waals surface area contributed by atoms with E-state index in [1.807, 2.05) is 18.2 Å². The summed E-state index contributed by atoms with van der Waals surface area (Å²) < 4.78 is 5.60. The van der Waals surface area contributed by atoms with Crippen molar-refractivity contribution in [2.45, 2.75) is 25.3 Å². The first-order valence-corrected chi connectivity index (χ1v) is 7.38. The van der Waals surface area contributed by atoms with Crippen LogP contribution in [0, 0.1) is 0 Å². The van der Waals surface area contributed by atoms with Crippen molar-refractivity contribution >= 4 is 36.4 Å². The molecule has 1 amide bonds. The third kappa shape index (κ3) is 5.96. The number of benzene rings is 1. The number of carbonyl (C=O) groups excluding carboxylic acids is 1. The molecule has 0 spiro atoms. The topological polar surface area (TPSA) is 76.1 Å². The zero-order valence-corrected chi connectivity index (χ0v) is 14.6. The van der Waals surface area contributed by atoms with Gasteiger partial charge in [0.1, 0.15) is 5.75 Å². The minimum Gasteiger partial charge on any atom is -0.437 e. The summed E-state index contributed by atoms with van der Waals surface area (Å²) in [6.45, 7) is 0.999. The third-order valence-electron chi connectivity index (χ3n) is 3.48. The van der Waals surface area contributed by atoms with Gasteiger partial charge < -0.3 is 15.4 Å². The average molecular weight is 371 g/mol. The summed E-state index contributed by atoms with van der Waals surface area (Å²) in [4.78, 5) is 12.0. The van der Waals surface area contributed by atoms with Crippen molar-refractivity contribution in [2.75, 3.05) is 11.9 Å². The van der Waals surface area contributed by atoms with Gasteiger partial charge in [-0.2, -0.15) is 5.10 Å². The van der Waals surface area contributed by atoms with E-state index in [2.05, 4.69) is 20.8 Å². The first kappa shape index (κ1) is 20.2. The lowest BCUT2D eigenvalue weighted by molar-refractivity contribution is -0.116. The number of ether oxygens (including phenoxy) is 1. The lowest BCUT2D eigenvalue weighted by atomic mass is 10.1. The molecule has 0 bridgehead atoms. The van der Waals surface area contributed by atoms with E-state index in [0.717, 1.165) is 19.4 Å². The van der Waals surface area contributed by atoms with Crippen LogP contribution in [0.25, 0.3) is 0 Å². The van der Waals surface area contributed by atoms with Crippen molar-refractivity contribution in [1.29, 1.82) is 0 Å². The number of anilines is 1. The van der Waals surface area contributed by atoms with Crippen LogP contribution in [-0.2, 0) is 4.79 Å². The second kappa shape index (κ2) is 10.1. The Morgan fingerprint density at radius 2 is 2.17 bits per heavy atom. The summed E-state index contributed by atoms with van der Waals surface area (Å²) in [7, 11) is 0. The molecule has 0 aliphatic carbocycles. The molecule has 1 aliphatic rings. The van der Waals surface area contributed by atoms with Gasteiger partial charge >= 0.3 is 0 Å². The van der Waals surface area contributed by atoms with Crippen LogP contribution in [0.1, 0.15) is 19.3 Å². The smallest absolute Gasteiger partial charge is 0.238 e. The molecule has 0 saturated carbocycles. The Bertz CT molecular complexity index is 637. The second-order valence-corrected chi connectivity index (χ2v) is 5.24. The van der Waals surface area contributed by atoms with Gasteiger partial charge in [-0.15, -0.1) is 29.9 Å². The Morgan fingerprint density at radius 1 is 1.29 bits per heavy atom. The molecule has 3 rings (SSSR count). The molecule has 1 saturated heterocycles. The van der Waals surface area contributed by atoms with E-state index >= 15 is 0 Å². The number of rotatable bonds is 5. The van der Waals surface area contributed by atoms with Crippen LogP contribution in [0.15, 0.2) is 42.6 Å². The molecule has 24 heavy (non-hydrogen) atoms. The van der Waals surface area contributed by atoms with E-state index < -0.39 is 0 Å². The van der Waals surface area contributed by atoms with Crippen molar-refractivity contribution in [1.82, 2.24) is 15.5 Å². The highest BCUT2D eigenvalue weighted by molar-refractivity contribution is 5.91. The molecular weight excluding hydrogens is 351 g/mol. The van der Waals surface area contributed by atoms with E-state index in [1.165, 1.54) is 0 Å². The fourth-order valence-electron chi connectivity index (χ4n) is 2.47. The minimum absolute atomic E-state index is 0. The first-order valence-electron chi connectivity index (χ1n) is 7.38. The SMILES string of the molecule is Cl.Cl.O=C(CC1CCCN1)Nc1cccc(Oc2cccnn2)c1. The Balaban J connectivity index is 0.00000144. The van der Waals surface area contributed by atoms with Gasteiger partial charge in [0.15, 0.2) is 0 Å². The van der Waals surface area contributed by atoms with E-state index in [9.17, 15) is 4.79 Å². The summed E-state index contributed by atoms with van der Waals surface area (Å²) in [6.07, 6.45) is 4.28. The number of carbonyl (C=O) groups is 1. The van der Waals surface area contributed by atoms with Crippen LogP contribution in [-0.4, -0.2) is 28.7 Å².